The molecule has 2 N–H and O–H groups in total. The zero-order valence-electron chi connectivity index (χ0n) is 12.8. The van der Waals surface area contributed by atoms with Crippen LogP contribution in [0, 0.1) is 0 Å². The SMILES string of the molecule is CCn1cc(Br)cc1C(=O)Nc1ccc2c(c1)CNCCO2.Cl. The molecule has 1 aromatic heterocycles. The van der Waals surface area contributed by atoms with Crippen LogP contribution in [-0.2, 0) is 13.1 Å². The fourth-order valence-electron chi connectivity index (χ4n) is 2.51. The van der Waals surface area contributed by atoms with Gasteiger partial charge in [0, 0.05) is 41.6 Å². The first-order chi connectivity index (χ1) is 10.7. The number of aromatic nitrogens is 1. The second kappa shape index (κ2) is 7.86. The van der Waals surface area contributed by atoms with Crippen LogP contribution >= 0.6 is 28.3 Å². The highest BCUT2D eigenvalue weighted by molar-refractivity contribution is 9.10. The second-order valence-corrected chi connectivity index (χ2v) is 6.05. The van der Waals surface area contributed by atoms with Gasteiger partial charge in [0.15, 0.2) is 0 Å². The predicted molar refractivity (Wildman–Crippen MR) is 96.7 cm³/mol. The molecule has 1 aromatic carbocycles. The van der Waals surface area contributed by atoms with Gasteiger partial charge >= 0.3 is 0 Å². The fourth-order valence-corrected chi connectivity index (χ4v) is 2.98. The molecule has 0 saturated carbocycles. The smallest absolute Gasteiger partial charge is 0.272 e. The van der Waals surface area contributed by atoms with Gasteiger partial charge in [-0.1, -0.05) is 0 Å². The van der Waals surface area contributed by atoms with E-state index < -0.39 is 0 Å². The van der Waals surface area contributed by atoms with Gasteiger partial charge in [0.2, 0.25) is 0 Å². The Bertz CT molecular complexity index is 703. The van der Waals surface area contributed by atoms with Crippen molar-refractivity contribution in [3.05, 3.63) is 46.2 Å². The van der Waals surface area contributed by atoms with E-state index in [-0.39, 0.29) is 18.3 Å². The molecular formula is C16H19BrClN3O2. The monoisotopic (exact) mass is 399 g/mol. The van der Waals surface area contributed by atoms with E-state index in [4.69, 9.17) is 4.74 Å². The number of aryl methyl sites for hydroxylation is 1. The van der Waals surface area contributed by atoms with E-state index in [0.29, 0.717) is 12.3 Å². The first-order valence-corrected chi connectivity index (χ1v) is 8.10. The van der Waals surface area contributed by atoms with Crippen LogP contribution in [0.5, 0.6) is 5.75 Å². The summed E-state index contributed by atoms with van der Waals surface area (Å²) < 4.78 is 8.46. The van der Waals surface area contributed by atoms with Gasteiger partial charge in [-0.05, 0) is 47.1 Å². The number of halogens is 2. The maximum absolute atomic E-state index is 12.4. The molecular weight excluding hydrogens is 382 g/mol. The van der Waals surface area contributed by atoms with Crippen molar-refractivity contribution in [3.8, 4) is 5.75 Å². The van der Waals surface area contributed by atoms with Crippen molar-refractivity contribution in [2.24, 2.45) is 0 Å². The van der Waals surface area contributed by atoms with E-state index in [1.807, 2.05) is 42.0 Å². The van der Waals surface area contributed by atoms with Crippen LogP contribution in [0.1, 0.15) is 23.0 Å². The largest absolute Gasteiger partial charge is 0.492 e. The minimum Gasteiger partial charge on any atom is -0.492 e. The Hall–Kier alpha value is -1.50. The molecule has 0 spiro atoms. The lowest BCUT2D eigenvalue weighted by Crippen LogP contribution is -2.17. The summed E-state index contributed by atoms with van der Waals surface area (Å²) in [6.07, 6.45) is 1.91. The molecule has 0 aliphatic carbocycles. The van der Waals surface area contributed by atoms with Gasteiger partial charge in [-0.2, -0.15) is 0 Å². The highest BCUT2D eigenvalue weighted by Crippen LogP contribution is 2.25. The number of nitrogens with one attached hydrogen (secondary N) is 2. The Labute approximate surface area is 149 Å². The molecule has 0 unspecified atom stereocenters. The number of amides is 1. The number of carbonyl (C=O) groups is 1. The van der Waals surface area contributed by atoms with Crippen molar-refractivity contribution in [2.45, 2.75) is 20.0 Å². The van der Waals surface area contributed by atoms with Crippen LogP contribution in [0.2, 0.25) is 0 Å². The van der Waals surface area contributed by atoms with E-state index in [1.54, 1.807) is 0 Å². The molecule has 0 bridgehead atoms. The van der Waals surface area contributed by atoms with Gasteiger partial charge < -0.3 is 19.9 Å². The molecule has 5 nitrogen and oxygen atoms in total. The lowest BCUT2D eigenvalue weighted by Gasteiger charge is -2.11. The molecule has 0 saturated heterocycles. The second-order valence-electron chi connectivity index (χ2n) is 5.13. The maximum Gasteiger partial charge on any atom is 0.272 e. The molecule has 1 amide bonds. The van der Waals surface area contributed by atoms with Gasteiger partial charge in [-0.25, -0.2) is 0 Å². The number of hydrogen-bond acceptors (Lipinski definition) is 3. The Morgan fingerprint density at radius 2 is 2.26 bits per heavy atom. The minimum absolute atomic E-state index is 0. The van der Waals surface area contributed by atoms with E-state index >= 15 is 0 Å². The molecule has 124 valence electrons. The molecule has 0 fully saturated rings. The molecule has 1 aliphatic rings. The summed E-state index contributed by atoms with van der Waals surface area (Å²) in [6.45, 7) is 4.99. The molecule has 7 heteroatoms. The van der Waals surface area contributed by atoms with Gasteiger partial charge in [-0.3, -0.25) is 4.79 Å². The van der Waals surface area contributed by atoms with Gasteiger partial charge in [0.05, 0.1) is 0 Å². The van der Waals surface area contributed by atoms with Crippen LogP contribution in [0.4, 0.5) is 5.69 Å². The normalized spacial score (nSPS) is 13.3. The number of nitrogens with zero attached hydrogens (tertiary/aromatic N) is 1. The Balaban J connectivity index is 0.00000192. The van der Waals surface area contributed by atoms with Crippen molar-refractivity contribution in [2.75, 3.05) is 18.5 Å². The number of fused-ring (bicyclic) bond motifs is 1. The summed E-state index contributed by atoms with van der Waals surface area (Å²) in [6, 6.07) is 7.57. The summed E-state index contributed by atoms with van der Waals surface area (Å²) in [5.41, 5.74) is 2.47. The lowest BCUT2D eigenvalue weighted by atomic mass is 10.1. The van der Waals surface area contributed by atoms with Crippen molar-refractivity contribution in [3.63, 3.8) is 0 Å². The van der Waals surface area contributed by atoms with Gasteiger partial charge in [-0.15, -0.1) is 12.4 Å². The molecule has 1 aliphatic heterocycles. The number of benzene rings is 1. The Kier molecular flexibility index (Phi) is 6.10. The third-order valence-electron chi connectivity index (χ3n) is 3.61. The van der Waals surface area contributed by atoms with E-state index in [2.05, 4.69) is 26.6 Å². The summed E-state index contributed by atoms with van der Waals surface area (Å²) in [7, 11) is 0. The minimum atomic E-state index is -0.116. The van der Waals surface area contributed by atoms with Crippen molar-refractivity contribution < 1.29 is 9.53 Å². The van der Waals surface area contributed by atoms with Crippen LogP contribution in [-0.4, -0.2) is 23.6 Å². The quantitative estimate of drug-likeness (QED) is 0.830. The third-order valence-corrected chi connectivity index (χ3v) is 4.04. The van der Waals surface area contributed by atoms with Crippen molar-refractivity contribution in [1.29, 1.82) is 0 Å². The molecule has 2 aromatic rings. The van der Waals surface area contributed by atoms with Gasteiger partial charge in [0.25, 0.3) is 5.91 Å². The number of anilines is 1. The standard InChI is InChI=1S/C16H18BrN3O2.ClH/c1-2-20-10-12(17)8-14(20)16(21)19-13-3-4-15-11(7-13)9-18-5-6-22-15;/h3-4,7-8,10,18H,2,5-6,9H2,1H3,(H,19,21);1H. The molecule has 0 radical (unpaired) electrons. The molecule has 23 heavy (non-hydrogen) atoms. The summed E-state index contributed by atoms with van der Waals surface area (Å²) in [5, 5.41) is 6.24. The zero-order valence-corrected chi connectivity index (χ0v) is 15.2. The summed E-state index contributed by atoms with van der Waals surface area (Å²) >= 11 is 3.41. The number of carbonyl (C=O) groups excluding carboxylic acids is 1. The average Bonchev–Trinajstić information content (AvgIpc) is 2.74. The topological polar surface area (TPSA) is 55.3 Å². The Morgan fingerprint density at radius 1 is 1.43 bits per heavy atom. The molecule has 0 atom stereocenters. The molecule has 2 heterocycles. The van der Waals surface area contributed by atoms with Gasteiger partial charge in [0.1, 0.15) is 18.1 Å². The van der Waals surface area contributed by atoms with Crippen molar-refractivity contribution in [1.82, 2.24) is 9.88 Å². The number of hydrogen-bond donors (Lipinski definition) is 2. The first-order valence-electron chi connectivity index (χ1n) is 7.31. The summed E-state index contributed by atoms with van der Waals surface area (Å²) in [4.78, 5) is 12.4. The fraction of sp³-hybridized carbons (Fsp3) is 0.312. The van der Waals surface area contributed by atoms with Crippen LogP contribution in [0.3, 0.4) is 0 Å². The number of ether oxygens (including phenoxy) is 1. The highest BCUT2D eigenvalue weighted by Gasteiger charge is 2.14. The van der Waals surface area contributed by atoms with Crippen LogP contribution < -0.4 is 15.4 Å². The van der Waals surface area contributed by atoms with E-state index in [0.717, 1.165) is 41.1 Å². The summed E-state index contributed by atoms with van der Waals surface area (Å²) in [5.74, 6) is 0.762. The Morgan fingerprint density at radius 3 is 3.04 bits per heavy atom. The zero-order chi connectivity index (χ0) is 15.5. The third kappa shape index (κ3) is 4.07. The van der Waals surface area contributed by atoms with Crippen LogP contribution in [0.25, 0.3) is 0 Å². The number of rotatable bonds is 3. The highest BCUT2D eigenvalue weighted by atomic mass is 79.9. The average molecular weight is 401 g/mol. The lowest BCUT2D eigenvalue weighted by molar-refractivity contribution is 0.101. The van der Waals surface area contributed by atoms with Crippen molar-refractivity contribution >= 4 is 39.9 Å². The van der Waals surface area contributed by atoms with E-state index in [1.165, 1.54) is 0 Å². The molecule has 3 rings (SSSR count). The van der Waals surface area contributed by atoms with Crippen LogP contribution in [0.15, 0.2) is 34.9 Å². The predicted octanol–water partition coefficient (Wildman–Crippen LogP) is 3.43. The first kappa shape index (κ1) is 17.8. The maximum atomic E-state index is 12.4. The van der Waals surface area contributed by atoms with E-state index in [9.17, 15) is 4.79 Å².